The third-order valence-corrected chi connectivity index (χ3v) is 4.52. The van der Waals surface area contributed by atoms with E-state index in [0.717, 1.165) is 11.4 Å². The highest BCUT2D eigenvalue weighted by molar-refractivity contribution is 5.87. The van der Waals surface area contributed by atoms with E-state index >= 15 is 0 Å². The lowest BCUT2D eigenvalue weighted by Gasteiger charge is -2.37. The van der Waals surface area contributed by atoms with Crippen LogP contribution in [0.1, 0.15) is 5.56 Å². The number of aromatic nitrogens is 1. The standard InChI is InChI=1S/C19H23FN6O3/c1-28-15-4-2-3-14(11-15)25-7-9-26(10-8-25)17-16(20)13(5-6-23-17)12-29-19(27)24-18(21)22/h2-6,11H,7-10,12H2,1H3,(H4,21,22,24,27). The summed E-state index contributed by atoms with van der Waals surface area (Å²) in [5.74, 6) is 0.0749. The first-order chi connectivity index (χ1) is 14.0. The van der Waals surface area contributed by atoms with Crippen molar-refractivity contribution in [3.8, 4) is 5.75 Å². The quantitative estimate of drug-likeness (QED) is 0.570. The number of rotatable bonds is 5. The Morgan fingerprint density at radius 3 is 2.62 bits per heavy atom. The van der Waals surface area contributed by atoms with Crippen LogP contribution in [0.5, 0.6) is 5.75 Å². The zero-order valence-corrected chi connectivity index (χ0v) is 16.0. The number of guanidine groups is 1. The predicted molar refractivity (Wildman–Crippen MR) is 108 cm³/mol. The largest absolute Gasteiger partial charge is 0.497 e. The summed E-state index contributed by atoms with van der Waals surface area (Å²) < 4.78 is 25.0. The molecule has 1 fully saturated rings. The van der Waals surface area contributed by atoms with Crippen LogP contribution in [0.3, 0.4) is 0 Å². The minimum Gasteiger partial charge on any atom is -0.497 e. The van der Waals surface area contributed by atoms with Gasteiger partial charge >= 0.3 is 6.09 Å². The van der Waals surface area contributed by atoms with Gasteiger partial charge in [0.25, 0.3) is 0 Å². The molecule has 10 heteroatoms. The number of carbonyl (C=O) groups is 1. The van der Waals surface area contributed by atoms with Crippen molar-refractivity contribution in [2.24, 2.45) is 16.5 Å². The van der Waals surface area contributed by atoms with Crippen molar-refractivity contribution >= 4 is 23.6 Å². The molecule has 2 aromatic rings. The fraction of sp³-hybridized carbons (Fsp3) is 0.316. The summed E-state index contributed by atoms with van der Waals surface area (Å²) in [6, 6.07) is 9.27. The van der Waals surface area contributed by atoms with Gasteiger partial charge in [0.15, 0.2) is 17.6 Å². The van der Waals surface area contributed by atoms with Crippen molar-refractivity contribution in [1.82, 2.24) is 4.98 Å². The van der Waals surface area contributed by atoms with Crippen molar-refractivity contribution in [3.05, 3.63) is 47.9 Å². The molecule has 2 heterocycles. The molecule has 1 amide bonds. The van der Waals surface area contributed by atoms with Gasteiger partial charge in [0, 0.05) is 49.7 Å². The van der Waals surface area contributed by atoms with Crippen LogP contribution in [-0.2, 0) is 11.3 Å². The zero-order chi connectivity index (χ0) is 20.8. The molecule has 0 radical (unpaired) electrons. The van der Waals surface area contributed by atoms with E-state index in [0.29, 0.717) is 26.2 Å². The van der Waals surface area contributed by atoms with Crippen LogP contribution < -0.4 is 26.0 Å². The fourth-order valence-corrected chi connectivity index (χ4v) is 3.06. The Balaban J connectivity index is 1.64. The second-order valence-corrected chi connectivity index (χ2v) is 6.37. The molecule has 0 saturated carbocycles. The molecule has 9 nitrogen and oxygen atoms in total. The number of anilines is 2. The average molecular weight is 402 g/mol. The number of nitrogens with two attached hydrogens (primary N) is 2. The number of pyridine rings is 1. The van der Waals surface area contributed by atoms with E-state index in [1.165, 1.54) is 12.3 Å². The van der Waals surface area contributed by atoms with Gasteiger partial charge in [-0.2, -0.15) is 0 Å². The first kappa shape index (κ1) is 20.2. The van der Waals surface area contributed by atoms with Gasteiger partial charge in [-0.1, -0.05) is 6.07 Å². The Kier molecular flexibility index (Phi) is 6.32. The van der Waals surface area contributed by atoms with Crippen LogP contribution in [-0.4, -0.2) is 50.3 Å². The Morgan fingerprint density at radius 1 is 1.21 bits per heavy atom. The second-order valence-electron chi connectivity index (χ2n) is 6.37. The third-order valence-electron chi connectivity index (χ3n) is 4.52. The molecular formula is C19H23FN6O3. The van der Waals surface area contributed by atoms with E-state index in [4.69, 9.17) is 20.9 Å². The number of piperazine rings is 1. The molecule has 154 valence electrons. The summed E-state index contributed by atoms with van der Waals surface area (Å²) in [7, 11) is 1.63. The van der Waals surface area contributed by atoms with Gasteiger partial charge in [0.05, 0.1) is 7.11 Å². The van der Waals surface area contributed by atoms with Crippen LogP contribution in [0.25, 0.3) is 0 Å². The lowest BCUT2D eigenvalue weighted by molar-refractivity contribution is 0.149. The van der Waals surface area contributed by atoms with E-state index in [1.807, 2.05) is 29.2 Å². The summed E-state index contributed by atoms with van der Waals surface area (Å²) in [6.07, 6.45) is 0.506. The number of halogens is 1. The second kappa shape index (κ2) is 9.09. The van der Waals surface area contributed by atoms with Crippen LogP contribution >= 0.6 is 0 Å². The summed E-state index contributed by atoms with van der Waals surface area (Å²) in [6.45, 7) is 2.31. The molecule has 29 heavy (non-hydrogen) atoms. The van der Waals surface area contributed by atoms with Gasteiger partial charge in [-0.15, -0.1) is 4.99 Å². The topological polar surface area (TPSA) is 119 Å². The molecule has 0 bridgehead atoms. The molecule has 1 aliphatic rings. The molecule has 1 aromatic heterocycles. The van der Waals surface area contributed by atoms with Gasteiger partial charge in [-0.25, -0.2) is 14.2 Å². The van der Waals surface area contributed by atoms with E-state index in [1.54, 1.807) is 7.11 Å². The lowest BCUT2D eigenvalue weighted by Crippen LogP contribution is -2.47. The third kappa shape index (κ3) is 5.03. The number of carbonyl (C=O) groups excluding carboxylic acids is 1. The molecule has 0 atom stereocenters. The highest BCUT2D eigenvalue weighted by Crippen LogP contribution is 2.25. The first-order valence-corrected chi connectivity index (χ1v) is 9.01. The zero-order valence-electron chi connectivity index (χ0n) is 16.0. The maximum atomic E-state index is 14.9. The maximum Gasteiger partial charge on any atom is 0.437 e. The number of benzene rings is 1. The monoisotopic (exact) mass is 402 g/mol. The molecule has 1 aliphatic heterocycles. The molecule has 1 saturated heterocycles. The molecular weight excluding hydrogens is 379 g/mol. The van der Waals surface area contributed by atoms with Crippen molar-refractivity contribution in [3.63, 3.8) is 0 Å². The summed E-state index contributed by atoms with van der Waals surface area (Å²) in [5.41, 5.74) is 11.5. The summed E-state index contributed by atoms with van der Waals surface area (Å²) >= 11 is 0. The number of ether oxygens (including phenoxy) is 2. The van der Waals surface area contributed by atoms with Crippen LogP contribution in [0.2, 0.25) is 0 Å². The molecule has 0 spiro atoms. The number of aliphatic imine (C=N–C) groups is 1. The van der Waals surface area contributed by atoms with Gasteiger partial charge in [-0.3, -0.25) is 0 Å². The van der Waals surface area contributed by atoms with Crippen LogP contribution in [0.15, 0.2) is 41.5 Å². The first-order valence-electron chi connectivity index (χ1n) is 9.01. The van der Waals surface area contributed by atoms with E-state index < -0.39 is 17.9 Å². The SMILES string of the molecule is COc1cccc(N2CCN(c3nccc(COC(=O)N=C(N)N)c3F)CC2)c1. The van der Waals surface area contributed by atoms with E-state index in [9.17, 15) is 9.18 Å². The number of methoxy groups -OCH3 is 1. The summed E-state index contributed by atoms with van der Waals surface area (Å²) in [4.78, 5) is 22.9. The van der Waals surface area contributed by atoms with Crippen molar-refractivity contribution in [2.45, 2.75) is 6.61 Å². The normalized spacial score (nSPS) is 13.7. The van der Waals surface area contributed by atoms with Gasteiger partial charge < -0.3 is 30.7 Å². The molecule has 4 N–H and O–H groups in total. The Hall–Kier alpha value is -3.56. The Bertz CT molecular complexity index is 895. The Morgan fingerprint density at radius 2 is 1.93 bits per heavy atom. The molecule has 1 aromatic carbocycles. The van der Waals surface area contributed by atoms with Gasteiger partial charge in [0.1, 0.15) is 12.4 Å². The van der Waals surface area contributed by atoms with Gasteiger partial charge in [-0.05, 0) is 18.2 Å². The van der Waals surface area contributed by atoms with Crippen molar-refractivity contribution in [1.29, 1.82) is 0 Å². The lowest BCUT2D eigenvalue weighted by atomic mass is 10.2. The van der Waals surface area contributed by atoms with Crippen molar-refractivity contribution < 1.29 is 18.7 Å². The van der Waals surface area contributed by atoms with Crippen LogP contribution in [0, 0.1) is 5.82 Å². The van der Waals surface area contributed by atoms with Crippen LogP contribution in [0.4, 0.5) is 20.7 Å². The molecule has 3 rings (SSSR count). The molecule has 0 aliphatic carbocycles. The van der Waals surface area contributed by atoms with E-state index in [2.05, 4.69) is 14.9 Å². The highest BCUT2D eigenvalue weighted by atomic mass is 19.1. The number of hydrogen-bond donors (Lipinski definition) is 2. The fourth-order valence-electron chi connectivity index (χ4n) is 3.06. The minimum absolute atomic E-state index is 0.198. The smallest absolute Gasteiger partial charge is 0.437 e. The predicted octanol–water partition coefficient (Wildman–Crippen LogP) is 1.47. The number of nitrogens with zero attached hydrogens (tertiary/aromatic N) is 4. The average Bonchev–Trinajstić information content (AvgIpc) is 2.73. The Labute approximate surface area is 167 Å². The maximum absolute atomic E-state index is 14.9. The van der Waals surface area contributed by atoms with Gasteiger partial charge in [0.2, 0.25) is 0 Å². The summed E-state index contributed by atoms with van der Waals surface area (Å²) in [5, 5.41) is 0. The van der Waals surface area contributed by atoms with Crippen molar-refractivity contribution in [2.75, 3.05) is 43.1 Å². The molecule has 0 unspecified atom stereocenters. The van der Waals surface area contributed by atoms with E-state index in [-0.39, 0.29) is 18.0 Å². The number of hydrogen-bond acceptors (Lipinski definition) is 6. The minimum atomic E-state index is -0.977. The number of amides is 1. The highest BCUT2D eigenvalue weighted by Gasteiger charge is 2.22.